The molecule has 0 saturated carbocycles. The summed E-state index contributed by atoms with van der Waals surface area (Å²) in [6.07, 6.45) is 6.29. The lowest BCUT2D eigenvalue weighted by molar-refractivity contribution is -0.933. The van der Waals surface area contributed by atoms with Crippen LogP contribution in [0.25, 0.3) is 11.1 Å². The van der Waals surface area contributed by atoms with Crippen LogP contribution in [0, 0.1) is 0 Å². The normalized spacial score (nSPS) is 37.6. The third kappa shape index (κ3) is 4.34. The number of likely N-dealkylation sites (N-methyl/N-ethyl adjacent to an activating group) is 2. The van der Waals surface area contributed by atoms with Crippen molar-refractivity contribution in [2.24, 2.45) is 0 Å². The number of rotatable bonds is 3. The van der Waals surface area contributed by atoms with E-state index in [0.29, 0.717) is 24.2 Å². The van der Waals surface area contributed by atoms with Crippen molar-refractivity contribution < 1.29 is 53.1 Å². The van der Waals surface area contributed by atoms with Crippen LogP contribution < -0.4 is 34.0 Å². The Bertz CT molecular complexity index is 970. The summed E-state index contributed by atoms with van der Waals surface area (Å²) >= 11 is 0. The minimum atomic E-state index is -0.228. The zero-order valence-corrected chi connectivity index (χ0v) is 25.2. The number of aliphatic hydroxyl groups is 2. The van der Waals surface area contributed by atoms with Crippen LogP contribution in [0.5, 0.6) is 0 Å². The van der Waals surface area contributed by atoms with Gasteiger partial charge in [0.15, 0.2) is 0 Å². The van der Waals surface area contributed by atoms with E-state index in [2.05, 4.69) is 76.7 Å². The van der Waals surface area contributed by atoms with Gasteiger partial charge in [0.25, 0.3) is 0 Å². The van der Waals surface area contributed by atoms with E-state index in [4.69, 9.17) is 0 Å². The van der Waals surface area contributed by atoms with Gasteiger partial charge in [-0.2, -0.15) is 0 Å². The zero-order chi connectivity index (χ0) is 23.8. The van der Waals surface area contributed by atoms with Crippen molar-refractivity contribution in [2.45, 2.75) is 86.7 Å². The van der Waals surface area contributed by atoms with Crippen molar-refractivity contribution in [3.05, 3.63) is 59.7 Å². The highest BCUT2D eigenvalue weighted by Gasteiger charge is 2.55. The molecular formula is C30H42Br2N2O2. The molecule has 4 aliphatic heterocycles. The molecule has 6 heteroatoms. The van der Waals surface area contributed by atoms with E-state index in [9.17, 15) is 10.2 Å². The smallest absolute Gasteiger partial charge is 0.0985 e. The summed E-state index contributed by atoms with van der Waals surface area (Å²) < 4.78 is 2.10. The maximum absolute atomic E-state index is 10.9. The molecule has 0 aromatic heterocycles. The second-order valence-electron chi connectivity index (χ2n) is 12.8. The topological polar surface area (TPSA) is 40.5 Å². The first-order valence-corrected chi connectivity index (χ1v) is 13.4. The first-order valence-electron chi connectivity index (χ1n) is 13.4. The van der Waals surface area contributed by atoms with Gasteiger partial charge in [-0.1, -0.05) is 48.5 Å². The van der Waals surface area contributed by atoms with Gasteiger partial charge in [0.2, 0.25) is 0 Å². The van der Waals surface area contributed by atoms with Crippen molar-refractivity contribution in [3.63, 3.8) is 0 Å². The molecule has 4 aliphatic rings. The number of halogens is 2. The maximum Gasteiger partial charge on any atom is 0.0985 e. The number of hydrogen-bond donors (Lipinski definition) is 2. The number of benzene rings is 2. The highest BCUT2D eigenvalue weighted by molar-refractivity contribution is 5.64. The molecule has 0 spiro atoms. The van der Waals surface area contributed by atoms with Crippen molar-refractivity contribution in [2.75, 3.05) is 28.2 Å². The van der Waals surface area contributed by atoms with Gasteiger partial charge in [0.1, 0.15) is 0 Å². The van der Waals surface area contributed by atoms with Gasteiger partial charge < -0.3 is 53.1 Å². The summed E-state index contributed by atoms with van der Waals surface area (Å²) in [6, 6.07) is 20.2. The van der Waals surface area contributed by atoms with E-state index in [-0.39, 0.29) is 58.0 Å². The largest absolute Gasteiger partial charge is 1.00 e. The van der Waals surface area contributed by atoms with Crippen LogP contribution in [0.15, 0.2) is 48.5 Å². The lowest BCUT2D eigenvalue weighted by Crippen LogP contribution is -3.00. The summed E-state index contributed by atoms with van der Waals surface area (Å²) in [4.78, 5) is 0. The molecule has 2 aromatic carbocycles. The zero-order valence-electron chi connectivity index (χ0n) is 22.0. The first kappa shape index (κ1) is 28.3. The lowest BCUT2D eigenvalue weighted by atomic mass is 9.80. The SMILES string of the molecule is C[N+]1(C)[C@@H]2CC[C@@H]1C(c1ccc(-c3ccc(C4[C@H](O)C[C@H]5CC[C@@H]4[N+]5(C)C)cc3)cc1)[C@@H](O)C2.[Br-].[Br-]. The molecule has 4 heterocycles. The third-order valence-corrected chi connectivity index (χ3v) is 10.8. The van der Waals surface area contributed by atoms with Gasteiger partial charge in [-0.25, -0.2) is 0 Å². The highest BCUT2D eigenvalue weighted by atomic mass is 79.9. The monoisotopic (exact) mass is 620 g/mol. The lowest BCUT2D eigenvalue weighted by Gasteiger charge is -2.47. The van der Waals surface area contributed by atoms with Gasteiger partial charge in [-0.05, 0) is 22.3 Å². The minimum absolute atomic E-state index is 0. The Labute approximate surface area is 238 Å². The number of quaternary nitrogens is 2. The molecule has 198 valence electrons. The Morgan fingerprint density at radius 1 is 0.556 bits per heavy atom. The Balaban J connectivity index is 0.00000152. The van der Waals surface area contributed by atoms with Gasteiger partial charge in [-0.15, -0.1) is 0 Å². The average Bonchev–Trinajstić information content (AvgIpc) is 3.08. The molecule has 4 saturated heterocycles. The van der Waals surface area contributed by atoms with Crippen LogP contribution in [-0.2, 0) is 0 Å². The quantitative estimate of drug-likeness (QED) is 0.400. The summed E-state index contributed by atoms with van der Waals surface area (Å²) in [7, 11) is 9.41. The predicted octanol–water partition coefficient (Wildman–Crippen LogP) is -1.73. The number of hydrogen-bond acceptors (Lipinski definition) is 2. The van der Waals surface area contributed by atoms with Crippen LogP contribution in [0.1, 0.15) is 61.5 Å². The fourth-order valence-corrected chi connectivity index (χ4v) is 8.61. The van der Waals surface area contributed by atoms with Gasteiger partial charge >= 0.3 is 0 Å². The summed E-state index contributed by atoms with van der Waals surface area (Å²) in [5, 5.41) is 21.9. The van der Waals surface area contributed by atoms with Gasteiger partial charge in [0.05, 0.1) is 76.4 Å². The molecule has 0 radical (unpaired) electrons. The van der Waals surface area contributed by atoms with E-state index in [1.807, 2.05) is 0 Å². The molecule has 4 fully saturated rings. The Morgan fingerprint density at radius 3 is 1.22 bits per heavy atom. The first-order chi connectivity index (χ1) is 16.2. The molecular weight excluding hydrogens is 580 g/mol. The number of piperidine rings is 2. The number of aliphatic hydroxyl groups excluding tert-OH is 2. The number of fused-ring (bicyclic) bond motifs is 4. The van der Waals surface area contributed by atoms with Crippen molar-refractivity contribution in [1.82, 2.24) is 0 Å². The molecule has 4 nitrogen and oxygen atoms in total. The molecule has 2 unspecified atom stereocenters. The Kier molecular flexibility index (Phi) is 7.92. The van der Waals surface area contributed by atoms with Crippen LogP contribution in [-0.4, -0.2) is 83.7 Å². The van der Waals surface area contributed by atoms with Crippen LogP contribution in [0.4, 0.5) is 0 Å². The number of nitrogens with zero attached hydrogens (tertiary/aromatic N) is 2. The van der Waals surface area contributed by atoms with Crippen LogP contribution >= 0.6 is 0 Å². The van der Waals surface area contributed by atoms with Gasteiger partial charge in [0, 0.05) is 38.5 Å². The molecule has 0 amide bonds. The minimum Gasteiger partial charge on any atom is -1.00 e. The second kappa shape index (κ2) is 10.1. The fourth-order valence-electron chi connectivity index (χ4n) is 8.61. The van der Waals surface area contributed by atoms with E-state index in [1.165, 1.54) is 47.9 Å². The third-order valence-electron chi connectivity index (χ3n) is 10.8. The van der Waals surface area contributed by atoms with Crippen molar-refractivity contribution in [1.29, 1.82) is 0 Å². The summed E-state index contributed by atoms with van der Waals surface area (Å²) in [5.41, 5.74) is 5.01. The highest BCUT2D eigenvalue weighted by Crippen LogP contribution is 2.48. The van der Waals surface area contributed by atoms with Crippen LogP contribution in [0.3, 0.4) is 0 Å². The fraction of sp³-hybridized carbons (Fsp3) is 0.600. The average molecular weight is 622 g/mol. The predicted molar refractivity (Wildman–Crippen MR) is 136 cm³/mol. The van der Waals surface area contributed by atoms with E-state index in [0.717, 1.165) is 21.8 Å². The van der Waals surface area contributed by atoms with Crippen molar-refractivity contribution in [3.8, 4) is 11.1 Å². The standard InChI is InChI=1S/C30H42N2O2.2BrH/c1-31(2)23-13-15-25(31)29(27(33)17-23)21-9-5-19(6-10-21)20-7-11-22(12-8-20)30-26-16-14-24(18-28(30)34)32(26,3)4;;/h5-12,23-30,33-34H,13-18H2,1-4H3;2*1H/q+2;;/p-2/t23-,24-,25-,26+,27+,28-,29?,30?;;/m1../s1. The maximum atomic E-state index is 10.9. The van der Waals surface area contributed by atoms with Crippen molar-refractivity contribution >= 4 is 0 Å². The molecule has 2 N–H and O–H groups in total. The molecule has 36 heavy (non-hydrogen) atoms. The van der Waals surface area contributed by atoms with Gasteiger partial charge in [-0.3, -0.25) is 0 Å². The van der Waals surface area contributed by atoms with Crippen LogP contribution in [0.2, 0.25) is 0 Å². The van der Waals surface area contributed by atoms with E-state index in [1.54, 1.807) is 0 Å². The molecule has 8 atom stereocenters. The second-order valence-corrected chi connectivity index (χ2v) is 12.8. The van der Waals surface area contributed by atoms with E-state index < -0.39 is 0 Å². The molecule has 4 bridgehead atoms. The summed E-state index contributed by atoms with van der Waals surface area (Å²) in [5.74, 6) is 0.462. The summed E-state index contributed by atoms with van der Waals surface area (Å²) in [6.45, 7) is 0. The molecule has 0 aliphatic carbocycles. The Hall–Kier alpha value is -0.760. The molecule has 2 aromatic rings. The van der Waals surface area contributed by atoms with E-state index >= 15 is 0 Å². The Morgan fingerprint density at radius 2 is 0.889 bits per heavy atom. The molecule has 6 rings (SSSR count).